The highest BCUT2D eigenvalue weighted by atomic mass is 14.0. The lowest BCUT2D eigenvalue weighted by atomic mass is 10.1. The van der Waals surface area contributed by atoms with Gasteiger partial charge in [0.15, 0.2) is 0 Å². The molecule has 0 heterocycles. The van der Waals surface area contributed by atoms with Crippen LogP contribution >= 0.6 is 0 Å². The Morgan fingerprint density at radius 3 is 1.16 bits per heavy atom. The molecule has 0 aliphatic carbocycles. The van der Waals surface area contributed by atoms with Crippen LogP contribution in [0.4, 0.5) is 0 Å². The second kappa shape index (κ2) is 22.1. The Kier molecular flexibility index (Phi) is 18.1. The van der Waals surface area contributed by atoms with E-state index in [4.69, 9.17) is 0 Å². The summed E-state index contributed by atoms with van der Waals surface area (Å²) in [4.78, 5) is 0. The van der Waals surface area contributed by atoms with Crippen molar-refractivity contribution in [2.24, 2.45) is 0 Å². The van der Waals surface area contributed by atoms with Crippen LogP contribution in [-0.4, -0.2) is 0 Å². The fourth-order valence-electron chi connectivity index (χ4n) is 4.44. The highest BCUT2D eigenvalue weighted by Crippen LogP contribution is 2.12. The van der Waals surface area contributed by atoms with E-state index in [9.17, 15) is 0 Å². The molecule has 2 rings (SSSR count). The average Bonchev–Trinajstić information content (AvgIpc) is 2.95. The summed E-state index contributed by atoms with van der Waals surface area (Å²) in [6.07, 6.45) is 30.5. The highest BCUT2D eigenvalue weighted by molar-refractivity contribution is 5.54. The number of hydrogen-bond acceptors (Lipinski definition) is 0. The summed E-state index contributed by atoms with van der Waals surface area (Å²) in [5.74, 6) is 12.3. The smallest absolute Gasteiger partial charge is 0.0255 e. The van der Waals surface area contributed by atoms with Crippen LogP contribution in [-0.2, 0) is 0 Å². The number of allylic oxidation sites excluding steroid dienone is 2. The van der Waals surface area contributed by atoms with Gasteiger partial charge in [-0.3, -0.25) is 0 Å². The van der Waals surface area contributed by atoms with Gasteiger partial charge in [-0.05, 0) is 72.9 Å². The zero-order valence-electron chi connectivity index (χ0n) is 24.2. The predicted molar refractivity (Wildman–Crippen MR) is 170 cm³/mol. The van der Waals surface area contributed by atoms with Crippen molar-refractivity contribution in [2.45, 2.75) is 117 Å². The van der Waals surface area contributed by atoms with Gasteiger partial charge in [-0.2, -0.15) is 0 Å². The third-order valence-corrected chi connectivity index (χ3v) is 6.87. The lowest BCUT2D eigenvalue weighted by molar-refractivity contribution is 0.592. The van der Waals surface area contributed by atoms with Gasteiger partial charge in [0.25, 0.3) is 0 Å². The zero-order valence-corrected chi connectivity index (χ0v) is 24.2. The second-order valence-electron chi connectivity index (χ2n) is 10.4. The molecule has 0 spiro atoms. The van der Waals surface area contributed by atoms with Crippen molar-refractivity contribution in [3.05, 3.63) is 82.9 Å². The van der Waals surface area contributed by atoms with Crippen molar-refractivity contribution in [2.75, 3.05) is 0 Å². The predicted octanol–water partition coefficient (Wildman–Crippen LogP) is 11.4. The number of rotatable bonds is 18. The van der Waals surface area contributed by atoms with Crippen molar-refractivity contribution in [1.29, 1.82) is 0 Å². The van der Waals surface area contributed by atoms with Crippen LogP contribution in [0.3, 0.4) is 0 Å². The van der Waals surface area contributed by atoms with Crippen molar-refractivity contribution in [1.82, 2.24) is 0 Å². The Balaban J connectivity index is 1.65. The molecule has 0 N–H and O–H groups in total. The number of hydrogen-bond donors (Lipinski definition) is 0. The van der Waals surface area contributed by atoms with E-state index in [0.29, 0.717) is 0 Å². The molecule has 0 aliphatic rings. The Bertz CT molecular complexity index is 938. The van der Waals surface area contributed by atoms with Crippen molar-refractivity contribution < 1.29 is 0 Å². The molecule has 0 amide bonds. The molecule has 2 aromatic rings. The first kappa shape index (κ1) is 31.3. The lowest BCUT2D eigenvalue weighted by Crippen LogP contribution is -1.79. The third-order valence-electron chi connectivity index (χ3n) is 6.87. The molecular formula is C38H50. The molecule has 0 unspecified atom stereocenters. The van der Waals surface area contributed by atoms with Crippen LogP contribution in [0.15, 0.2) is 60.7 Å². The molecule has 0 heteroatoms. The maximum absolute atomic E-state index is 3.16. The standard InChI is InChI=1S/C38H50/c1-3-5-7-9-11-13-15-17-19-23-35-27-31-37(32-28-35)25-21-22-26-38-33-29-36(30-34-38)24-20-18-16-14-12-10-8-6-4-2/h19-20,23-24,27-34H,3-18H2,1-2H3/b23-19+,24-20+. The van der Waals surface area contributed by atoms with Crippen LogP contribution in [0.5, 0.6) is 0 Å². The number of unbranched alkanes of at least 4 members (excludes halogenated alkanes) is 14. The van der Waals surface area contributed by atoms with Crippen LogP contribution < -0.4 is 0 Å². The molecule has 0 nitrogen and oxygen atoms in total. The minimum Gasteiger partial charge on any atom is -0.0839 e. The first-order chi connectivity index (χ1) is 18.8. The molecule has 0 radical (unpaired) electrons. The SMILES string of the molecule is CCCCCCCCC/C=C/c1ccc(C#CC#Cc2ccc(/C=C/CCCCCCCCC)cc2)cc1. The quantitative estimate of drug-likeness (QED) is 0.139. The normalized spacial score (nSPS) is 10.9. The van der Waals surface area contributed by atoms with Crippen molar-refractivity contribution in [3.8, 4) is 23.7 Å². The van der Waals surface area contributed by atoms with Gasteiger partial charge in [0, 0.05) is 11.1 Å². The van der Waals surface area contributed by atoms with Crippen LogP contribution in [0.2, 0.25) is 0 Å². The maximum Gasteiger partial charge on any atom is 0.0255 e. The fourth-order valence-corrected chi connectivity index (χ4v) is 4.44. The minimum atomic E-state index is 1.00. The van der Waals surface area contributed by atoms with Gasteiger partial charge in [0.1, 0.15) is 0 Å². The Labute approximate surface area is 235 Å². The summed E-state index contributed by atoms with van der Waals surface area (Å²) in [6, 6.07) is 16.9. The third kappa shape index (κ3) is 16.0. The van der Waals surface area contributed by atoms with E-state index in [0.717, 1.165) is 11.1 Å². The van der Waals surface area contributed by atoms with Gasteiger partial charge < -0.3 is 0 Å². The first-order valence-electron chi connectivity index (χ1n) is 15.4. The summed E-state index contributed by atoms with van der Waals surface area (Å²) >= 11 is 0. The zero-order chi connectivity index (χ0) is 26.9. The Hall–Kier alpha value is -2.96. The highest BCUT2D eigenvalue weighted by Gasteiger charge is 1.92. The topological polar surface area (TPSA) is 0 Å². The molecule has 2 aromatic carbocycles. The molecule has 0 aliphatic heterocycles. The molecule has 38 heavy (non-hydrogen) atoms. The molecule has 0 aromatic heterocycles. The van der Waals surface area contributed by atoms with E-state index in [1.165, 1.54) is 114 Å². The summed E-state index contributed by atoms with van der Waals surface area (Å²) in [7, 11) is 0. The van der Waals surface area contributed by atoms with Crippen LogP contribution in [0.1, 0.15) is 139 Å². The summed E-state index contributed by atoms with van der Waals surface area (Å²) in [5, 5.41) is 0. The van der Waals surface area contributed by atoms with E-state index < -0.39 is 0 Å². The fraction of sp³-hybridized carbons (Fsp3) is 0.474. The van der Waals surface area contributed by atoms with Crippen LogP contribution in [0.25, 0.3) is 12.2 Å². The molecule has 0 bridgehead atoms. The molecule has 0 atom stereocenters. The molecular weight excluding hydrogens is 456 g/mol. The van der Waals surface area contributed by atoms with Gasteiger partial charge in [-0.25, -0.2) is 0 Å². The molecule has 0 saturated heterocycles. The second-order valence-corrected chi connectivity index (χ2v) is 10.4. The van der Waals surface area contributed by atoms with Gasteiger partial charge in [-0.15, -0.1) is 0 Å². The van der Waals surface area contributed by atoms with Gasteiger partial charge >= 0.3 is 0 Å². The molecule has 0 fully saturated rings. The van der Waals surface area contributed by atoms with Crippen LogP contribution in [0, 0.1) is 23.7 Å². The summed E-state index contributed by atoms with van der Waals surface area (Å²) in [6.45, 7) is 4.55. The van der Waals surface area contributed by atoms with Gasteiger partial charge in [0.05, 0.1) is 0 Å². The van der Waals surface area contributed by atoms with E-state index in [1.807, 2.05) is 0 Å². The average molecular weight is 507 g/mol. The van der Waals surface area contributed by atoms with Gasteiger partial charge in [0.2, 0.25) is 0 Å². The maximum atomic E-state index is 3.16. The van der Waals surface area contributed by atoms with E-state index in [1.54, 1.807) is 0 Å². The van der Waals surface area contributed by atoms with Crippen molar-refractivity contribution >= 4 is 12.2 Å². The summed E-state index contributed by atoms with van der Waals surface area (Å²) in [5.41, 5.74) is 4.48. The summed E-state index contributed by atoms with van der Waals surface area (Å²) < 4.78 is 0. The molecule has 202 valence electrons. The van der Waals surface area contributed by atoms with Crippen molar-refractivity contribution in [3.63, 3.8) is 0 Å². The van der Waals surface area contributed by atoms with E-state index in [-0.39, 0.29) is 0 Å². The molecule has 0 saturated carbocycles. The van der Waals surface area contributed by atoms with Gasteiger partial charge in [-0.1, -0.05) is 151 Å². The monoisotopic (exact) mass is 506 g/mol. The Morgan fingerprint density at radius 1 is 0.447 bits per heavy atom. The first-order valence-corrected chi connectivity index (χ1v) is 15.4. The van der Waals surface area contributed by atoms with E-state index in [2.05, 4.69) is 110 Å². The minimum absolute atomic E-state index is 1.00. The van der Waals surface area contributed by atoms with E-state index >= 15 is 0 Å². The lowest BCUT2D eigenvalue weighted by Gasteiger charge is -1.99. The number of benzene rings is 2. The largest absolute Gasteiger partial charge is 0.0839 e. The Morgan fingerprint density at radius 2 is 0.789 bits per heavy atom.